The summed E-state index contributed by atoms with van der Waals surface area (Å²) < 4.78 is 78.0. The number of ether oxygens (including phenoxy) is 1. The van der Waals surface area contributed by atoms with Crippen molar-refractivity contribution < 1.29 is 41.0 Å². The first-order valence-electron chi connectivity index (χ1n) is 4.72. The number of para-hydroxylation sites is 1. The molecule has 0 unspecified atom stereocenters. The lowest BCUT2D eigenvalue weighted by atomic mass is 10.0. The van der Waals surface area contributed by atoms with E-state index in [1.54, 1.807) is 0 Å². The van der Waals surface area contributed by atoms with Crippen molar-refractivity contribution >= 4 is 28.6 Å². The van der Waals surface area contributed by atoms with Crippen LogP contribution >= 0.6 is 22.6 Å². The van der Waals surface area contributed by atoms with Crippen LogP contribution in [0.15, 0.2) is 24.3 Å². The van der Waals surface area contributed by atoms with E-state index >= 15 is 0 Å². The standard InChI is InChI=1S/C10H4F6IO3/c11-9(12,13)8(19,10(14,15)16)7(18)20-6-4-2-1-3-5(6)17/h1-4H/q-1. The maximum absolute atomic E-state index is 12.3. The molecule has 0 bridgehead atoms. The van der Waals surface area contributed by atoms with Gasteiger partial charge in [-0.05, 0) is 34.7 Å². The van der Waals surface area contributed by atoms with Gasteiger partial charge >= 0.3 is 18.3 Å². The van der Waals surface area contributed by atoms with Crippen molar-refractivity contribution in [1.82, 2.24) is 0 Å². The molecule has 0 aliphatic carbocycles. The highest BCUT2D eigenvalue weighted by Crippen LogP contribution is 2.42. The van der Waals surface area contributed by atoms with Crippen molar-refractivity contribution in [2.24, 2.45) is 0 Å². The van der Waals surface area contributed by atoms with Gasteiger partial charge in [0.1, 0.15) is 5.75 Å². The summed E-state index contributed by atoms with van der Waals surface area (Å²) in [7, 11) is 0. The molecule has 20 heavy (non-hydrogen) atoms. The van der Waals surface area contributed by atoms with Gasteiger partial charge in [-0.1, -0.05) is 12.1 Å². The van der Waals surface area contributed by atoms with Crippen molar-refractivity contribution in [3.8, 4) is 5.75 Å². The fourth-order valence-corrected chi connectivity index (χ4v) is 1.59. The smallest absolute Gasteiger partial charge is 0.399 e. The highest BCUT2D eigenvalue weighted by molar-refractivity contribution is 14.1. The molecule has 0 radical (unpaired) electrons. The first-order valence-corrected chi connectivity index (χ1v) is 5.80. The maximum Gasteiger partial charge on any atom is 0.399 e. The molecule has 10 heteroatoms. The van der Waals surface area contributed by atoms with Crippen LogP contribution in [0.5, 0.6) is 5.75 Å². The molecule has 0 aliphatic heterocycles. The number of hydrogen-bond donors (Lipinski definition) is 0. The summed E-state index contributed by atoms with van der Waals surface area (Å²) in [6, 6.07) is 4.87. The van der Waals surface area contributed by atoms with Crippen molar-refractivity contribution in [2.45, 2.75) is 18.0 Å². The topological polar surface area (TPSA) is 49.4 Å². The monoisotopic (exact) mass is 413 g/mol. The van der Waals surface area contributed by atoms with Gasteiger partial charge in [-0.3, -0.25) is 4.79 Å². The van der Waals surface area contributed by atoms with Crippen molar-refractivity contribution in [1.29, 1.82) is 0 Å². The molecule has 0 atom stereocenters. The summed E-state index contributed by atoms with van der Waals surface area (Å²) >= 11 is 1.52. The van der Waals surface area contributed by atoms with Crippen LogP contribution in [0.25, 0.3) is 0 Å². The van der Waals surface area contributed by atoms with Gasteiger partial charge in [0.2, 0.25) is 0 Å². The molecule has 3 nitrogen and oxygen atoms in total. The Labute approximate surface area is 121 Å². The average Bonchev–Trinajstić information content (AvgIpc) is 2.28. The molecule has 1 aromatic rings. The zero-order valence-electron chi connectivity index (χ0n) is 9.18. The zero-order chi connectivity index (χ0) is 15.8. The van der Waals surface area contributed by atoms with Crippen LogP contribution in [-0.4, -0.2) is 23.9 Å². The molecular weight excluding hydrogens is 409 g/mol. The van der Waals surface area contributed by atoms with Crippen LogP contribution in [-0.2, 0) is 4.79 Å². The first kappa shape index (κ1) is 17.0. The molecule has 0 N–H and O–H groups in total. The fraction of sp³-hybridized carbons (Fsp3) is 0.300. The van der Waals surface area contributed by atoms with E-state index in [1.807, 2.05) is 0 Å². The third-order valence-corrected chi connectivity index (χ3v) is 3.02. The summed E-state index contributed by atoms with van der Waals surface area (Å²) in [4.78, 5) is 11.1. The van der Waals surface area contributed by atoms with Gasteiger partial charge in [0.15, 0.2) is 5.60 Å². The van der Waals surface area contributed by atoms with E-state index in [-0.39, 0.29) is 3.57 Å². The van der Waals surface area contributed by atoms with Gasteiger partial charge in [-0.25, -0.2) is 0 Å². The molecule has 1 rings (SSSR count). The Morgan fingerprint density at radius 2 is 1.50 bits per heavy atom. The number of hydrogen-bond acceptors (Lipinski definition) is 3. The number of carbonyl (C=O) groups is 1. The minimum atomic E-state index is -6.37. The summed E-state index contributed by atoms with van der Waals surface area (Å²) in [5.74, 6) is -3.53. The molecule has 0 heterocycles. The number of carbonyl (C=O) groups excluding carboxylic acids is 1. The van der Waals surface area contributed by atoms with Gasteiger partial charge in [0.25, 0.3) is 0 Å². The lowest BCUT2D eigenvalue weighted by Crippen LogP contribution is -2.72. The van der Waals surface area contributed by atoms with E-state index in [4.69, 9.17) is 0 Å². The molecule has 0 fully saturated rings. The lowest BCUT2D eigenvalue weighted by molar-refractivity contribution is -0.573. The predicted octanol–water partition coefficient (Wildman–Crippen LogP) is 2.42. The van der Waals surface area contributed by atoms with Gasteiger partial charge in [-0.15, -0.1) is 0 Å². The number of rotatable bonds is 2. The van der Waals surface area contributed by atoms with E-state index in [2.05, 4.69) is 4.74 Å². The molecule has 0 saturated heterocycles. The van der Waals surface area contributed by atoms with Gasteiger partial charge in [-0.2, -0.15) is 26.3 Å². The third kappa shape index (κ3) is 3.00. The Morgan fingerprint density at radius 1 is 1.05 bits per heavy atom. The van der Waals surface area contributed by atoms with E-state index in [0.717, 1.165) is 6.07 Å². The minimum Gasteiger partial charge on any atom is -0.828 e. The second-order valence-electron chi connectivity index (χ2n) is 3.50. The van der Waals surface area contributed by atoms with Crippen LogP contribution in [0.2, 0.25) is 0 Å². The zero-order valence-corrected chi connectivity index (χ0v) is 11.3. The Hall–Kier alpha value is -1.04. The first-order chi connectivity index (χ1) is 8.91. The highest BCUT2D eigenvalue weighted by Gasteiger charge is 2.68. The van der Waals surface area contributed by atoms with E-state index < -0.39 is 29.7 Å². The molecule has 0 aliphatic rings. The van der Waals surface area contributed by atoms with Gasteiger partial charge in [0, 0.05) is 0 Å². The van der Waals surface area contributed by atoms with Crippen LogP contribution in [0.4, 0.5) is 26.3 Å². The quantitative estimate of drug-likeness (QED) is 0.324. The molecule has 0 aromatic heterocycles. The number of esters is 1. The Bertz CT molecular complexity index is 496. The average molecular weight is 413 g/mol. The second-order valence-corrected chi connectivity index (χ2v) is 4.66. The highest BCUT2D eigenvalue weighted by atomic mass is 127. The molecule has 0 spiro atoms. The fourth-order valence-electron chi connectivity index (χ4n) is 1.09. The third-order valence-electron chi connectivity index (χ3n) is 2.13. The number of halogens is 7. The molecule has 0 saturated carbocycles. The predicted molar refractivity (Wildman–Crippen MR) is 59.6 cm³/mol. The van der Waals surface area contributed by atoms with Crippen LogP contribution in [0.3, 0.4) is 0 Å². The van der Waals surface area contributed by atoms with Crippen LogP contribution < -0.4 is 9.84 Å². The summed E-state index contributed by atoms with van der Waals surface area (Å²) in [6.07, 6.45) is -12.7. The summed E-state index contributed by atoms with van der Waals surface area (Å²) in [5.41, 5.74) is -5.83. The van der Waals surface area contributed by atoms with Crippen LogP contribution in [0, 0.1) is 3.57 Å². The largest absolute Gasteiger partial charge is 0.828 e. The van der Waals surface area contributed by atoms with Crippen molar-refractivity contribution in [3.05, 3.63) is 27.8 Å². The number of alkyl halides is 6. The van der Waals surface area contributed by atoms with Crippen molar-refractivity contribution in [3.63, 3.8) is 0 Å². The molecule has 0 amide bonds. The number of benzene rings is 1. The van der Waals surface area contributed by atoms with E-state index in [9.17, 15) is 36.2 Å². The normalized spacial score (nSPS) is 13.2. The molecule has 112 valence electrons. The van der Waals surface area contributed by atoms with Crippen molar-refractivity contribution in [2.75, 3.05) is 0 Å². The van der Waals surface area contributed by atoms with E-state index in [0.29, 0.717) is 0 Å². The maximum atomic E-state index is 12.3. The van der Waals surface area contributed by atoms with Crippen LogP contribution in [0.1, 0.15) is 0 Å². The Morgan fingerprint density at radius 3 is 1.90 bits per heavy atom. The Balaban J connectivity index is 3.19. The lowest BCUT2D eigenvalue weighted by Gasteiger charge is -2.40. The minimum absolute atomic E-state index is 0.0742. The Kier molecular flexibility index (Phi) is 4.58. The summed E-state index contributed by atoms with van der Waals surface area (Å²) in [5, 5.41) is 11.0. The molecular formula is C10H4F6IO3-. The van der Waals surface area contributed by atoms with Gasteiger partial charge < -0.3 is 9.84 Å². The summed E-state index contributed by atoms with van der Waals surface area (Å²) in [6.45, 7) is 0. The van der Waals surface area contributed by atoms with E-state index in [1.165, 1.54) is 40.8 Å². The second kappa shape index (κ2) is 5.39. The molecule has 1 aromatic carbocycles. The van der Waals surface area contributed by atoms with Gasteiger partial charge in [0.05, 0.1) is 3.57 Å². The SMILES string of the molecule is O=C(Oc1ccccc1I)C([O-])(C(F)(F)F)C(F)(F)F.